The van der Waals surface area contributed by atoms with Gasteiger partial charge in [-0.15, -0.1) is 0 Å². The molecule has 4 rings (SSSR count). The molecule has 1 aliphatic heterocycles. The van der Waals surface area contributed by atoms with Crippen molar-refractivity contribution < 1.29 is 18.0 Å². The molecule has 160 valence electrons. The van der Waals surface area contributed by atoms with E-state index in [1.807, 2.05) is 0 Å². The van der Waals surface area contributed by atoms with Crippen molar-refractivity contribution in [2.24, 2.45) is 5.92 Å². The lowest BCUT2D eigenvalue weighted by atomic mass is 9.84. The third-order valence-corrected chi connectivity index (χ3v) is 5.85. The van der Waals surface area contributed by atoms with Crippen LogP contribution in [0, 0.1) is 5.92 Å². The number of nitrogens with two attached hydrogens (primary N) is 1. The maximum absolute atomic E-state index is 13.1. The van der Waals surface area contributed by atoms with E-state index in [-0.39, 0.29) is 22.8 Å². The number of anilines is 2. The zero-order valence-corrected chi connectivity index (χ0v) is 17.0. The molecule has 1 saturated carbocycles. The quantitative estimate of drug-likeness (QED) is 0.539. The van der Waals surface area contributed by atoms with Crippen LogP contribution in [0.4, 0.5) is 24.7 Å². The molecule has 3 N–H and O–H groups in total. The zero-order valence-electron chi connectivity index (χ0n) is 16.3. The van der Waals surface area contributed by atoms with Crippen LogP contribution in [-0.2, 0) is 24.1 Å². The number of amides is 1. The summed E-state index contributed by atoms with van der Waals surface area (Å²) in [5.74, 6) is 0.573. The van der Waals surface area contributed by atoms with Gasteiger partial charge in [-0.1, -0.05) is 6.42 Å². The third kappa shape index (κ3) is 4.03. The Morgan fingerprint density at radius 2 is 2.00 bits per heavy atom. The second-order valence-electron chi connectivity index (χ2n) is 7.84. The van der Waals surface area contributed by atoms with Crippen LogP contribution in [-0.4, -0.2) is 20.8 Å². The maximum atomic E-state index is 13.1. The monoisotopic (exact) mass is 439 g/mol. The number of alkyl halides is 3. The second-order valence-corrected chi connectivity index (χ2v) is 8.18. The van der Waals surface area contributed by atoms with Crippen LogP contribution >= 0.6 is 11.6 Å². The van der Waals surface area contributed by atoms with Crippen LogP contribution in [0.1, 0.15) is 54.6 Å². The SMILES string of the molecule is C[C@@H](Nc1nc(Cl)nc2c1CN(C(=O)C1CCC1)C2)c1cc(N)cc(C(F)(F)F)c1. The standard InChI is InChI=1S/C20H21ClF3N5O/c1-10(12-5-13(20(22,23)24)7-14(25)6-12)26-17-15-8-29(18(30)11-3-2-4-11)9-16(15)27-19(21)28-17/h5-7,10-11H,2-4,8-9,25H2,1H3,(H,26,27,28)/t10-/m1/s1. The van der Waals surface area contributed by atoms with E-state index < -0.39 is 17.8 Å². The number of nitrogens with zero attached hydrogens (tertiary/aromatic N) is 3. The molecule has 0 saturated heterocycles. The molecule has 0 bridgehead atoms. The third-order valence-electron chi connectivity index (χ3n) is 5.68. The van der Waals surface area contributed by atoms with Crippen LogP contribution in [0.3, 0.4) is 0 Å². The van der Waals surface area contributed by atoms with E-state index in [0.29, 0.717) is 30.2 Å². The number of hydrogen-bond acceptors (Lipinski definition) is 5. The minimum atomic E-state index is -4.49. The Hall–Kier alpha value is -2.55. The lowest BCUT2D eigenvalue weighted by Crippen LogP contribution is -2.35. The fourth-order valence-corrected chi connectivity index (χ4v) is 3.98. The van der Waals surface area contributed by atoms with E-state index in [9.17, 15) is 18.0 Å². The summed E-state index contributed by atoms with van der Waals surface area (Å²) in [5.41, 5.74) is 6.65. The molecular formula is C20H21ClF3N5O. The molecule has 2 aromatic rings. The Kier molecular flexibility index (Phi) is 5.25. The molecule has 0 radical (unpaired) electrons. The molecule has 30 heavy (non-hydrogen) atoms. The molecular weight excluding hydrogens is 419 g/mol. The number of carbonyl (C=O) groups excluding carboxylic acids is 1. The van der Waals surface area contributed by atoms with Crippen molar-refractivity contribution in [1.82, 2.24) is 14.9 Å². The van der Waals surface area contributed by atoms with Gasteiger partial charge in [-0.05, 0) is 55.1 Å². The molecule has 1 fully saturated rings. The lowest BCUT2D eigenvalue weighted by Gasteiger charge is -2.28. The van der Waals surface area contributed by atoms with Gasteiger partial charge in [0, 0.05) is 17.2 Å². The van der Waals surface area contributed by atoms with Gasteiger partial charge in [-0.25, -0.2) is 9.97 Å². The van der Waals surface area contributed by atoms with Crippen LogP contribution in [0.25, 0.3) is 0 Å². The first-order valence-corrected chi connectivity index (χ1v) is 10.1. The predicted octanol–water partition coefficient (Wildman–Crippen LogP) is 4.55. The summed E-state index contributed by atoms with van der Waals surface area (Å²) in [7, 11) is 0. The summed E-state index contributed by atoms with van der Waals surface area (Å²) in [5, 5.41) is 3.14. The van der Waals surface area contributed by atoms with E-state index in [2.05, 4.69) is 15.3 Å². The predicted molar refractivity (Wildman–Crippen MR) is 107 cm³/mol. The molecule has 0 spiro atoms. The average molecular weight is 440 g/mol. The second kappa shape index (κ2) is 7.61. The van der Waals surface area contributed by atoms with Crippen molar-refractivity contribution in [1.29, 1.82) is 0 Å². The molecule has 2 aliphatic rings. The summed E-state index contributed by atoms with van der Waals surface area (Å²) in [6, 6.07) is 2.92. The van der Waals surface area contributed by atoms with Gasteiger partial charge in [0.25, 0.3) is 0 Å². The Labute approximate surface area is 176 Å². The summed E-state index contributed by atoms with van der Waals surface area (Å²) in [6.07, 6.45) is -1.63. The minimum absolute atomic E-state index is 0.0185. The number of fused-ring (bicyclic) bond motifs is 1. The molecule has 1 aliphatic carbocycles. The normalized spacial score (nSPS) is 17.4. The number of aromatic nitrogens is 2. The van der Waals surface area contributed by atoms with Gasteiger partial charge in [-0.3, -0.25) is 4.79 Å². The summed E-state index contributed by atoms with van der Waals surface area (Å²) in [6.45, 7) is 2.41. The fourth-order valence-electron chi connectivity index (χ4n) is 3.79. The molecule has 1 amide bonds. The van der Waals surface area contributed by atoms with E-state index in [4.69, 9.17) is 17.3 Å². The van der Waals surface area contributed by atoms with Crippen LogP contribution in [0.5, 0.6) is 0 Å². The van der Waals surface area contributed by atoms with E-state index in [1.54, 1.807) is 11.8 Å². The van der Waals surface area contributed by atoms with Crippen molar-refractivity contribution in [2.75, 3.05) is 11.1 Å². The largest absolute Gasteiger partial charge is 0.416 e. The van der Waals surface area contributed by atoms with Crippen LogP contribution in [0.2, 0.25) is 5.28 Å². The molecule has 10 heteroatoms. The lowest BCUT2D eigenvalue weighted by molar-refractivity contribution is -0.139. The zero-order chi connectivity index (χ0) is 21.6. The number of benzene rings is 1. The van der Waals surface area contributed by atoms with E-state index in [1.165, 1.54) is 6.07 Å². The number of rotatable bonds is 4. The van der Waals surface area contributed by atoms with Gasteiger partial charge in [0.15, 0.2) is 0 Å². The number of halogens is 4. The average Bonchev–Trinajstić information content (AvgIpc) is 3.03. The first-order chi connectivity index (χ1) is 14.1. The Morgan fingerprint density at radius 3 is 2.63 bits per heavy atom. The molecule has 2 heterocycles. The van der Waals surface area contributed by atoms with Gasteiger partial charge in [0.2, 0.25) is 11.2 Å². The van der Waals surface area contributed by atoms with Crippen LogP contribution in [0.15, 0.2) is 18.2 Å². The summed E-state index contributed by atoms with van der Waals surface area (Å²) < 4.78 is 39.4. The highest BCUT2D eigenvalue weighted by molar-refractivity contribution is 6.28. The highest BCUT2D eigenvalue weighted by Gasteiger charge is 2.35. The van der Waals surface area contributed by atoms with Crippen molar-refractivity contribution in [2.45, 2.75) is 51.5 Å². The van der Waals surface area contributed by atoms with Crippen molar-refractivity contribution >= 4 is 29.0 Å². The van der Waals surface area contributed by atoms with Crippen LogP contribution < -0.4 is 11.1 Å². The van der Waals surface area contributed by atoms with Gasteiger partial charge in [0.1, 0.15) is 5.82 Å². The Bertz CT molecular complexity index is 993. The first kappa shape index (κ1) is 20.7. The van der Waals surface area contributed by atoms with Gasteiger partial charge in [-0.2, -0.15) is 13.2 Å². The highest BCUT2D eigenvalue weighted by Crippen LogP contribution is 2.36. The Morgan fingerprint density at radius 1 is 1.27 bits per heavy atom. The molecule has 1 atom stereocenters. The number of hydrogen-bond donors (Lipinski definition) is 2. The van der Waals surface area contributed by atoms with Crippen molar-refractivity contribution in [3.63, 3.8) is 0 Å². The smallest absolute Gasteiger partial charge is 0.399 e. The minimum Gasteiger partial charge on any atom is -0.399 e. The summed E-state index contributed by atoms with van der Waals surface area (Å²) >= 11 is 6.06. The number of nitrogen functional groups attached to an aromatic ring is 1. The Balaban J connectivity index is 1.58. The number of carbonyl (C=O) groups is 1. The van der Waals surface area contributed by atoms with Crippen molar-refractivity contribution in [3.8, 4) is 0 Å². The van der Waals surface area contributed by atoms with Crippen molar-refractivity contribution in [3.05, 3.63) is 45.9 Å². The highest BCUT2D eigenvalue weighted by atomic mass is 35.5. The van der Waals surface area contributed by atoms with Gasteiger partial charge in [0.05, 0.1) is 30.4 Å². The number of nitrogens with one attached hydrogen (secondary N) is 1. The molecule has 6 nitrogen and oxygen atoms in total. The maximum Gasteiger partial charge on any atom is 0.416 e. The molecule has 1 aromatic heterocycles. The van der Waals surface area contributed by atoms with Gasteiger partial charge >= 0.3 is 6.18 Å². The molecule has 1 aromatic carbocycles. The topological polar surface area (TPSA) is 84.1 Å². The van der Waals surface area contributed by atoms with Gasteiger partial charge < -0.3 is 16.0 Å². The van der Waals surface area contributed by atoms with E-state index >= 15 is 0 Å². The summed E-state index contributed by atoms with van der Waals surface area (Å²) in [4.78, 5) is 22.8. The molecule has 0 unspecified atom stereocenters. The fraction of sp³-hybridized carbons (Fsp3) is 0.450. The first-order valence-electron chi connectivity index (χ1n) is 9.70. The van der Waals surface area contributed by atoms with E-state index in [0.717, 1.165) is 37.0 Å².